The number of carbonyl (C=O) groups is 4. The maximum Gasteiger partial charge on any atom is 0.350 e. The van der Waals surface area contributed by atoms with Gasteiger partial charge < -0.3 is 28.4 Å². The molecule has 41 heavy (non-hydrogen) atoms. The van der Waals surface area contributed by atoms with Crippen LogP contribution in [0.15, 0.2) is 38.5 Å². The predicted molar refractivity (Wildman–Crippen MR) is 140 cm³/mol. The Labute approximate surface area is 241 Å². The summed E-state index contributed by atoms with van der Waals surface area (Å²) in [5, 5.41) is 3.90. The van der Waals surface area contributed by atoms with E-state index in [0.717, 1.165) is 43.1 Å². The van der Waals surface area contributed by atoms with Gasteiger partial charge in [0, 0.05) is 27.7 Å². The predicted octanol–water partition coefficient (Wildman–Crippen LogP) is 0.480. The summed E-state index contributed by atoms with van der Waals surface area (Å²) in [5.74, 6) is -2.67. The molecule has 0 aliphatic carbocycles. The highest BCUT2D eigenvalue weighted by molar-refractivity contribution is 9.10. The van der Waals surface area contributed by atoms with Crippen molar-refractivity contribution in [3.63, 3.8) is 0 Å². The van der Waals surface area contributed by atoms with Crippen molar-refractivity contribution < 1.29 is 47.6 Å². The van der Waals surface area contributed by atoms with Crippen molar-refractivity contribution in [2.45, 2.75) is 64.9 Å². The zero-order valence-corrected chi connectivity index (χ0v) is 24.3. The number of aromatic nitrogens is 3. The van der Waals surface area contributed by atoms with Gasteiger partial charge in [-0.15, -0.1) is 0 Å². The van der Waals surface area contributed by atoms with Crippen molar-refractivity contribution >= 4 is 39.8 Å². The maximum absolute atomic E-state index is 13.6. The average Bonchev–Trinajstić information content (AvgIpc) is 2.87. The molecule has 0 saturated carbocycles. The Bertz CT molecular complexity index is 1440. The quantitative estimate of drug-likeness (QED) is 0.273. The number of methoxy groups -OCH3 is 1. The minimum Gasteiger partial charge on any atom is -0.496 e. The number of esters is 4. The van der Waals surface area contributed by atoms with Crippen LogP contribution in [0, 0.1) is 0 Å². The number of ether oxygens (including phenoxy) is 6. The fraction of sp³-hybridized carbons (Fsp3) is 0.480. The monoisotopic (exact) mass is 641 g/mol. The molecule has 15 nitrogen and oxygen atoms in total. The third-order valence-electron chi connectivity index (χ3n) is 5.75. The lowest BCUT2D eigenvalue weighted by Crippen LogP contribution is -2.62. The van der Waals surface area contributed by atoms with E-state index in [4.69, 9.17) is 28.4 Å². The molecule has 1 saturated heterocycles. The summed E-state index contributed by atoms with van der Waals surface area (Å²) in [6.45, 7) is 3.66. The second-order valence-electron chi connectivity index (χ2n) is 8.85. The number of hydrogen-bond donors (Lipinski definition) is 0. The van der Waals surface area contributed by atoms with Crippen LogP contribution in [-0.2, 0) is 49.4 Å². The summed E-state index contributed by atoms with van der Waals surface area (Å²) in [7, 11) is 1.49. The van der Waals surface area contributed by atoms with Gasteiger partial charge in [0.1, 0.15) is 24.7 Å². The van der Waals surface area contributed by atoms with Crippen LogP contribution in [0.1, 0.15) is 39.5 Å². The first kappa shape index (κ1) is 31.5. The number of benzene rings is 1. The van der Waals surface area contributed by atoms with Crippen molar-refractivity contribution in [1.29, 1.82) is 0 Å². The van der Waals surface area contributed by atoms with Crippen LogP contribution in [0.4, 0.5) is 0 Å². The lowest BCUT2D eigenvalue weighted by molar-refractivity contribution is -0.271. The zero-order chi connectivity index (χ0) is 30.4. The first-order chi connectivity index (χ1) is 19.3. The summed E-state index contributed by atoms with van der Waals surface area (Å²) < 4.78 is 34.5. The van der Waals surface area contributed by atoms with Gasteiger partial charge in [-0.1, -0.05) is 6.07 Å². The minimum atomic E-state index is -1.61. The van der Waals surface area contributed by atoms with Crippen LogP contribution in [-0.4, -0.2) is 76.4 Å². The summed E-state index contributed by atoms with van der Waals surface area (Å²) in [5.41, 5.74) is -1.16. The molecule has 0 spiro atoms. The molecule has 0 amide bonds. The number of hydrogen-bond acceptors (Lipinski definition) is 13. The summed E-state index contributed by atoms with van der Waals surface area (Å²) in [6.07, 6.45) is -6.59. The number of nitrogens with zero attached hydrogens (tertiary/aromatic N) is 3. The van der Waals surface area contributed by atoms with E-state index in [1.54, 1.807) is 18.2 Å². The molecule has 222 valence electrons. The number of carbonyl (C=O) groups excluding carboxylic acids is 4. The third-order valence-corrected chi connectivity index (χ3v) is 6.37. The molecule has 1 fully saturated rings. The fourth-order valence-corrected chi connectivity index (χ4v) is 4.75. The van der Waals surface area contributed by atoms with Crippen LogP contribution in [0.5, 0.6) is 5.75 Å². The Morgan fingerprint density at radius 3 is 2.10 bits per heavy atom. The van der Waals surface area contributed by atoms with Gasteiger partial charge in [-0.05, 0) is 33.6 Å². The Kier molecular flexibility index (Phi) is 10.4. The highest BCUT2D eigenvalue weighted by atomic mass is 79.9. The number of rotatable bonds is 9. The lowest BCUT2D eigenvalue weighted by atomic mass is 9.97. The van der Waals surface area contributed by atoms with Crippen LogP contribution >= 0.6 is 15.9 Å². The van der Waals surface area contributed by atoms with Gasteiger partial charge in [0.05, 0.1) is 18.1 Å². The van der Waals surface area contributed by atoms with E-state index in [1.165, 1.54) is 7.11 Å². The van der Waals surface area contributed by atoms with E-state index in [2.05, 4.69) is 21.0 Å². The molecule has 0 N–H and O–H groups in total. The van der Waals surface area contributed by atoms with Gasteiger partial charge >= 0.3 is 29.6 Å². The highest BCUT2D eigenvalue weighted by Gasteiger charge is 2.53. The summed E-state index contributed by atoms with van der Waals surface area (Å²) in [4.78, 5) is 74.0. The van der Waals surface area contributed by atoms with Crippen LogP contribution in [0.25, 0.3) is 0 Å². The highest BCUT2D eigenvalue weighted by Crippen LogP contribution is 2.33. The topological polar surface area (TPSA) is 181 Å². The van der Waals surface area contributed by atoms with Crippen molar-refractivity contribution in [1.82, 2.24) is 14.3 Å². The molecule has 2 aromatic rings. The number of halogens is 1. The normalized spacial score (nSPS) is 21.9. The Balaban J connectivity index is 2.14. The summed E-state index contributed by atoms with van der Waals surface area (Å²) >= 11 is 3.36. The van der Waals surface area contributed by atoms with E-state index < -0.39 is 72.4 Å². The smallest absolute Gasteiger partial charge is 0.350 e. The molecule has 1 aliphatic rings. The fourth-order valence-electron chi connectivity index (χ4n) is 4.16. The molecule has 3 rings (SSSR count). The molecule has 0 radical (unpaired) electrons. The van der Waals surface area contributed by atoms with Gasteiger partial charge in [-0.2, -0.15) is 9.78 Å². The summed E-state index contributed by atoms with van der Waals surface area (Å²) in [6, 6.07) is 4.95. The van der Waals surface area contributed by atoms with Crippen LogP contribution < -0.4 is 16.0 Å². The maximum atomic E-state index is 13.6. The molecule has 1 aromatic carbocycles. The molecule has 1 aromatic heterocycles. The van der Waals surface area contributed by atoms with Gasteiger partial charge in [0.2, 0.25) is 0 Å². The first-order valence-corrected chi connectivity index (χ1v) is 12.9. The van der Waals surface area contributed by atoms with Crippen LogP contribution in [0.2, 0.25) is 0 Å². The molecule has 1 aliphatic heterocycles. The van der Waals surface area contributed by atoms with E-state index in [0.29, 0.717) is 15.8 Å². The van der Waals surface area contributed by atoms with Crippen molar-refractivity contribution in [3.8, 4) is 5.75 Å². The minimum absolute atomic E-state index is 0.186. The van der Waals surface area contributed by atoms with E-state index in [1.807, 2.05) is 0 Å². The van der Waals surface area contributed by atoms with E-state index >= 15 is 0 Å². The average molecular weight is 642 g/mol. The molecular weight excluding hydrogens is 614 g/mol. The third kappa shape index (κ3) is 7.79. The Hall–Kier alpha value is -4.05. The van der Waals surface area contributed by atoms with E-state index in [9.17, 15) is 28.8 Å². The van der Waals surface area contributed by atoms with Gasteiger partial charge in [0.15, 0.2) is 24.5 Å². The molecular formula is C25H28BrN3O12. The second kappa shape index (κ2) is 13.5. The zero-order valence-electron chi connectivity index (χ0n) is 22.7. The van der Waals surface area contributed by atoms with Gasteiger partial charge in [-0.3, -0.25) is 28.5 Å². The lowest BCUT2D eigenvalue weighted by Gasteiger charge is -2.44. The van der Waals surface area contributed by atoms with Crippen molar-refractivity contribution in [2.24, 2.45) is 0 Å². The van der Waals surface area contributed by atoms with Crippen molar-refractivity contribution in [3.05, 3.63) is 55.3 Å². The molecule has 2 heterocycles. The van der Waals surface area contributed by atoms with Gasteiger partial charge in [0.25, 0.3) is 5.56 Å². The van der Waals surface area contributed by atoms with Crippen LogP contribution in [0.3, 0.4) is 0 Å². The Morgan fingerprint density at radius 1 is 0.927 bits per heavy atom. The van der Waals surface area contributed by atoms with Crippen molar-refractivity contribution in [2.75, 3.05) is 13.7 Å². The molecule has 0 unspecified atom stereocenters. The Morgan fingerprint density at radius 2 is 1.54 bits per heavy atom. The molecule has 16 heteroatoms. The van der Waals surface area contributed by atoms with Gasteiger partial charge in [-0.25, -0.2) is 4.79 Å². The first-order valence-electron chi connectivity index (χ1n) is 12.1. The van der Waals surface area contributed by atoms with E-state index in [-0.39, 0.29) is 6.54 Å². The molecule has 5 atom stereocenters. The molecule has 0 bridgehead atoms. The SMILES string of the molecule is COc1ccc(Cn2c(=O)cnn([C@@H]3O[C@@H](COC(C)=O)[C@@H](OC(C)=O)[C@H](OC(C)=O)[C@@H]3OC(C)=O)c2=O)cc1Br. The largest absolute Gasteiger partial charge is 0.496 e. The standard InChI is InChI=1S/C25H28BrN3O12/c1-12(30)37-11-19-21(38-13(2)31)22(39-14(3)32)23(40-15(4)33)24(41-19)29-25(35)28(20(34)9-27-29)10-16-6-7-18(36-5)17(26)8-16/h6-9,19,21-24H,10-11H2,1-5H3/t19-,21+,22-,23-,24+/m0/s1. The second-order valence-corrected chi connectivity index (χ2v) is 9.71.